The molecule has 0 radical (unpaired) electrons. The van der Waals surface area contributed by atoms with E-state index in [4.69, 9.17) is 4.99 Å². The van der Waals surface area contributed by atoms with Crippen LogP contribution in [0.1, 0.15) is 56.2 Å². The largest absolute Gasteiger partial charge is 0.278 e. The molecule has 0 aliphatic carbocycles. The number of aliphatic imine (C=N–C) groups is 1. The molecule has 3 aromatic rings. The van der Waals surface area contributed by atoms with Crippen molar-refractivity contribution >= 4 is 6.21 Å². The molecule has 0 aliphatic rings. The Hall–Kier alpha value is -2.74. The summed E-state index contributed by atoms with van der Waals surface area (Å²) in [7, 11) is 0. The molecule has 0 amide bonds. The average molecular weight is 357 g/mol. The molecule has 0 fully saturated rings. The summed E-state index contributed by atoms with van der Waals surface area (Å²) in [4.78, 5) is 9.46. The molecule has 0 aliphatic heterocycles. The van der Waals surface area contributed by atoms with Crippen molar-refractivity contribution in [3.63, 3.8) is 0 Å². The van der Waals surface area contributed by atoms with Crippen molar-refractivity contribution < 1.29 is 0 Å². The van der Waals surface area contributed by atoms with Gasteiger partial charge in [0.05, 0.1) is 5.69 Å². The Balaban J connectivity index is 2.21. The Bertz CT molecular complexity index is 881. The zero-order chi connectivity index (χ0) is 19.6. The molecule has 3 rings (SSSR count). The first-order chi connectivity index (χ1) is 12.9. The topological polar surface area (TPSA) is 25.2 Å². The third-order valence-corrected chi connectivity index (χ3v) is 5.07. The van der Waals surface area contributed by atoms with Crippen LogP contribution in [0, 0.1) is 41.5 Å². The Morgan fingerprint density at radius 2 is 1.22 bits per heavy atom. The molecular formula is C25H28N2. The molecule has 1 aromatic heterocycles. The van der Waals surface area contributed by atoms with Crippen LogP contribution < -0.4 is 0 Å². The fourth-order valence-corrected chi connectivity index (χ4v) is 4.14. The van der Waals surface area contributed by atoms with Gasteiger partial charge in [0, 0.05) is 12.4 Å². The summed E-state index contributed by atoms with van der Waals surface area (Å²) in [5.41, 5.74) is 11.2. The van der Waals surface area contributed by atoms with Crippen LogP contribution in [0.25, 0.3) is 0 Å². The molecule has 0 saturated heterocycles. The minimum Gasteiger partial charge on any atom is -0.278 e. The van der Waals surface area contributed by atoms with Gasteiger partial charge < -0.3 is 0 Å². The van der Waals surface area contributed by atoms with E-state index in [0.29, 0.717) is 0 Å². The molecule has 2 aromatic carbocycles. The predicted octanol–water partition coefficient (Wildman–Crippen LogP) is 6.14. The van der Waals surface area contributed by atoms with Gasteiger partial charge in [0.15, 0.2) is 0 Å². The van der Waals surface area contributed by atoms with E-state index in [0.717, 1.165) is 5.69 Å². The van der Waals surface area contributed by atoms with Gasteiger partial charge in [0.2, 0.25) is 0 Å². The highest BCUT2D eigenvalue weighted by atomic mass is 14.8. The number of benzene rings is 2. The molecule has 138 valence electrons. The normalized spacial score (nSPS) is 11.5. The molecule has 2 nitrogen and oxygen atoms in total. The number of aryl methyl sites for hydroxylation is 6. The van der Waals surface area contributed by atoms with Crippen molar-refractivity contribution in [2.75, 3.05) is 0 Å². The first kappa shape index (κ1) is 19.0. The third kappa shape index (κ3) is 4.16. The molecule has 0 saturated carbocycles. The van der Waals surface area contributed by atoms with Crippen LogP contribution in [-0.2, 0) is 0 Å². The number of hydrogen-bond donors (Lipinski definition) is 0. The zero-order valence-electron chi connectivity index (χ0n) is 17.2. The van der Waals surface area contributed by atoms with Gasteiger partial charge in [-0.3, -0.25) is 9.98 Å². The Morgan fingerprint density at radius 1 is 0.741 bits per heavy atom. The van der Waals surface area contributed by atoms with E-state index in [1.165, 1.54) is 44.5 Å². The number of hydrogen-bond acceptors (Lipinski definition) is 2. The first-order valence-electron chi connectivity index (χ1n) is 9.46. The van der Waals surface area contributed by atoms with E-state index in [9.17, 15) is 0 Å². The van der Waals surface area contributed by atoms with Crippen LogP contribution in [-0.4, -0.2) is 11.2 Å². The second-order valence-corrected chi connectivity index (χ2v) is 7.56. The van der Waals surface area contributed by atoms with Crippen LogP contribution in [0.15, 0.2) is 53.7 Å². The molecule has 27 heavy (non-hydrogen) atoms. The van der Waals surface area contributed by atoms with Crippen LogP contribution in [0.2, 0.25) is 0 Å². The average Bonchev–Trinajstić information content (AvgIpc) is 2.58. The van der Waals surface area contributed by atoms with Crippen LogP contribution >= 0.6 is 0 Å². The fraction of sp³-hybridized carbons (Fsp3) is 0.280. The van der Waals surface area contributed by atoms with Crippen molar-refractivity contribution in [1.29, 1.82) is 0 Å². The standard InChI is InChI=1S/C25H28N2/c1-16-11-18(3)23(19(4)12-16)25(27-15-22-9-7-8-10-26-22)24-20(5)13-17(2)14-21(24)6/h7-15,25H,1-6H3. The van der Waals surface area contributed by atoms with Gasteiger partial charge in [-0.25, -0.2) is 0 Å². The summed E-state index contributed by atoms with van der Waals surface area (Å²) < 4.78 is 0. The summed E-state index contributed by atoms with van der Waals surface area (Å²) in [6.45, 7) is 13.1. The van der Waals surface area contributed by atoms with E-state index in [1.54, 1.807) is 6.20 Å². The van der Waals surface area contributed by atoms with E-state index in [-0.39, 0.29) is 6.04 Å². The monoisotopic (exact) mass is 356 g/mol. The van der Waals surface area contributed by atoms with E-state index >= 15 is 0 Å². The maximum Gasteiger partial charge on any atom is 0.101 e. The summed E-state index contributed by atoms with van der Waals surface area (Å²) >= 11 is 0. The maximum atomic E-state index is 5.05. The molecular weight excluding hydrogens is 328 g/mol. The maximum absolute atomic E-state index is 5.05. The highest BCUT2D eigenvalue weighted by Gasteiger charge is 2.21. The Kier molecular flexibility index (Phi) is 5.55. The van der Waals surface area contributed by atoms with Crippen LogP contribution in [0.3, 0.4) is 0 Å². The van der Waals surface area contributed by atoms with Crippen molar-refractivity contribution in [2.45, 2.75) is 47.6 Å². The van der Waals surface area contributed by atoms with Gasteiger partial charge in [0.25, 0.3) is 0 Å². The SMILES string of the molecule is Cc1cc(C)c(C(N=Cc2ccccn2)c2c(C)cc(C)cc2C)c(C)c1. The van der Waals surface area contributed by atoms with Crippen LogP contribution in [0.4, 0.5) is 0 Å². The van der Waals surface area contributed by atoms with Gasteiger partial charge in [-0.15, -0.1) is 0 Å². The molecule has 0 N–H and O–H groups in total. The fourth-order valence-electron chi connectivity index (χ4n) is 4.14. The summed E-state index contributed by atoms with van der Waals surface area (Å²) in [5, 5.41) is 0. The molecule has 0 bridgehead atoms. The number of aromatic nitrogens is 1. The number of pyridine rings is 1. The van der Waals surface area contributed by atoms with E-state index in [2.05, 4.69) is 70.8 Å². The highest BCUT2D eigenvalue weighted by molar-refractivity contribution is 5.77. The lowest BCUT2D eigenvalue weighted by Crippen LogP contribution is -2.09. The number of nitrogens with zero attached hydrogens (tertiary/aromatic N) is 2. The van der Waals surface area contributed by atoms with Crippen molar-refractivity contribution in [1.82, 2.24) is 4.98 Å². The third-order valence-electron chi connectivity index (χ3n) is 5.07. The predicted molar refractivity (Wildman–Crippen MR) is 115 cm³/mol. The smallest absolute Gasteiger partial charge is 0.101 e. The van der Waals surface area contributed by atoms with E-state index in [1.807, 2.05) is 24.4 Å². The van der Waals surface area contributed by atoms with Gasteiger partial charge in [-0.2, -0.15) is 0 Å². The van der Waals surface area contributed by atoms with Gasteiger partial charge >= 0.3 is 0 Å². The Labute approximate surface area is 163 Å². The van der Waals surface area contributed by atoms with Gasteiger partial charge in [0.1, 0.15) is 6.04 Å². The number of rotatable bonds is 4. The van der Waals surface area contributed by atoms with Gasteiger partial charge in [-0.1, -0.05) is 41.5 Å². The van der Waals surface area contributed by atoms with Crippen molar-refractivity contribution in [3.05, 3.63) is 98.9 Å². The summed E-state index contributed by atoms with van der Waals surface area (Å²) in [6, 6.07) is 14.9. The summed E-state index contributed by atoms with van der Waals surface area (Å²) in [6.07, 6.45) is 3.71. The lowest BCUT2D eigenvalue weighted by atomic mass is 9.85. The quantitative estimate of drug-likeness (QED) is 0.515. The molecule has 1 heterocycles. The molecule has 0 atom stereocenters. The molecule has 2 heteroatoms. The summed E-state index contributed by atoms with van der Waals surface area (Å²) in [5.74, 6) is 0. The Morgan fingerprint density at radius 3 is 1.63 bits per heavy atom. The second kappa shape index (κ2) is 7.87. The van der Waals surface area contributed by atoms with Crippen LogP contribution in [0.5, 0.6) is 0 Å². The first-order valence-corrected chi connectivity index (χ1v) is 9.46. The lowest BCUT2D eigenvalue weighted by Gasteiger charge is -2.23. The minimum absolute atomic E-state index is 0.0341. The van der Waals surface area contributed by atoms with E-state index < -0.39 is 0 Å². The minimum atomic E-state index is -0.0341. The van der Waals surface area contributed by atoms with Gasteiger partial charge in [-0.05, 0) is 87.1 Å². The molecule has 0 spiro atoms. The molecule has 0 unspecified atom stereocenters. The highest BCUT2D eigenvalue weighted by Crippen LogP contribution is 2.36. The zero-order valence-corrected chi connectivity index (χ0v) is 17.2. The van der Waals surface area contributed by atoms with Crippen molar-refractivity contribution in [3.8, 4) is 0 Å². The second-order valence-electron chi connectivity index (χ2n) is 7.56. The lowest BCUT2D eigenvalue weighted by molar-refractivity contribution is 0.837. The van der Waals surface area contributed by atoms with Crippen molar-refractivity contribution in [2.24, 2.45) is 4.99 Å².